The van der Waals surface area contributed by atoms with E-state index in [-0.39, 0.29) is 31.8 Å². The second-order valence-corrected chi connectivity index (χ2v) is 3.25. The summed E-state index contributed by atoms with van der Waals surface area (Å²) in [6.45, 7) is 0.208. The van der Waals surface area contributed by atoms with Gasteiger partial charge in [-0.05, 0) is 0 Å². The molecule has 0 spiro atoms. The Balaban J connectivity index is 0.000000605. The molecule has 64 valence electrons. The van der Waals surface area contributed by atoms with Crippen LogP contribution in [0.1, 0.15) is 12.8 Å². The van der Waals surface area contributed by atoms with Gasteiger partial charge in [-0.2, -0.15) is 0 Å². The minimum atomic E-state index is -1.21. The Morgan fingerprint density at radius 2 is 2.09 bits per heavy atom. The third kappa shape index (κ3) is 0.929. The van der Waals surface area contributed by atoms with Crippen molar-refractivity contribution in [3.05, 3.63) is 0 Å². The molecule has 3 fully saturated rings. The minimum absolute atomic E-state index is 0. The summed E-state index contributed by atoms with van der Waals surface area (Å²) in [5.74, 6) is -0.918. The van der Waals surface area contributed by atoms with Gasteiger partial charge in [0.2, 0.25) is 0 Å². The zero-order chi connectivity index (χ0) is 7.41. The van der Waals surface area contributed by atoms with Crippen LogP contribution in [0.25, 0.3) is 0 Å². The summed E-state index contributed by atoms with van der Waals surface area (Å²) >= 11 is 0. The fourth-order valence-corrected chi connectivity index (χ4v) is 1.83. The number of carbonyl (C=O) groups is 1. The summed E-state index contributed by atoms with van der Waals surface area (Å²) in [5, 5.41) is 11.3. The molecule has 5 heteroatoms. The molecule has 11 heavy (non-hydrogen) atoms. The van der Waals surface area contributed by atoms with E-state index >= 15 is 0 Å². The molecule has 3 aliphatic rings. The van der Waals surface area contributed by atoms with Crippen molar-refractivity contribution < 1.29 is 14.3 Å². The van der Waals surface area contributed by atoms with E-state index in [2.05, 4.69) is 5.32 Å². The van der Waals surface area contributed by atoms with Gasteiger partial charge in [-0.1, -0.05) is 0 Å². The predicted octanol–water partition coefficient (Wildman–Crippen LogP) is 0.337. The van der Waals surface area contributed by atoms with Gasteiger partial charge in [0.05, 0.1) is 0 Å². The zero-order valence-electron chi connectivity index (χ0n) is 5.76. The Bertz CT molecular complexity index is 203. The first kappa shape index (κ1) is 8.74. The molecule has 0 amide bonds. The molecule has 0 radical (unpaired) electrons. The van der Waals surface area contributed by atoms with Crippen LogP contribution in [0.5, 0.6) is 0 Å². The van der Waals surface area contributed by atoms with Gasteiger partial charge in [0.25, 0.3) is 0 Å². The van der Waals surface area contributed by atoms with Gasteiger partial charge in [-0.3, -0.25) is 10.1 Å². The van der Waals surface area contributed by atoms with Crippen molar-refractivity contribution in [2.45, 2.75) is 24.0 Å². The molecule has 2 aliphatic heterocycles. The number of fused-ring (bicyclic) bond motifs is 1. The molecule has 2 bridgehead atoms. The maximum absolute atomic E-state index is 13.0. The molecule has 0 aromatic rings. The SMILES string of the molecule is Cl.O=C(O)C12CC(F)(CN1)C2. The first-order valence-corrected chi connectivity index (χ1v) is 3.24. The van der Waals surface area contributed by atoms with Gasteiger partial charge in [-0.25, -0.2) is 4.39 Å². The third-order valence-electron chi connectivity index (χ3n) is 2.39. The van der Waals surface area contributed by atoms with Crippen LogP contribution in [-0.2, 0) is 4.79 Å². The topological polar surface area (TPSA) is 49.3 Å². The maximum atomic E-state index is 13.0. The fraction of sp³-hybridized carbons (Fsp3) is 0.833. The van der Waals surface area contributed by atoms with Gasteiger partial charge in [-0.15, -0.1) is 12.4 Å². The first-order valence-electron chi connectivity index (χ1n) is 3.24. The summed E-state index contributed by atoms with van der Waals surface area (Å²) < 4.78 is 13.0. The third-order valence-corrected chi connectivity index (χ3v) is 2.39. The van der Waals surface area contributed by atoms with Crippen molar-refractivity contribution in [3.63, 3.8) is 0 Å². The molecule has 0 aromatic heterocycles. The highest BCUT2D eigenvalue weighted by Crippen LogP contribution is 2.49. The van der Waals surface area contributed by atoms with Crippen LogP contribution in [-0.4, -0.2) is 28.8 Å². The average molecular weight is 182 g/mol. The van der Waals surface area contributed by atoms with Crippen LogP contribution in [0.2, 0.25) is 0 Å². The Hall–Kier alpha value is -0.350. The summed E-state index contributed by atoms with van der Waals surface area (Å²) in [6.07, 6.45) is 0.296. The van der Waals surface area contributed by atoms with Gasteiger partial charge in [0, 0.05) is 19.4 Å². The van der Waals surface area contributed by atoms with E-state index in [1.54, 1.807) is 0 Å². The lowest BCUT2D eigenvalue weighted by Crippen LogP contribution is -2.55. The highest BCUT2D eigenvalue weighted by molar-refractivity contribution is 5.85. The van der Waals surface area contributed by atoms with Crippen LogP contribution in [0.4, 0.5) is 4.39 Å². The summed E-state index contributed by atoms with van der Waals surface area (Å²) in [6, 6.07) is 0. The van der Waals surface area contributed by atoms with Crippen LogP contribution < -0.4 is 5.32 Å². The van der Waals surface area contributed by atoms with Crippen LogP contribution >= 0.6 is 12.4 Å². The molecule has 0 atom stereocenters. The summed E-state index contributed by atoms with van der Waals surface area (Å²) in [4.78, 5) is 10.5. The monoisotopic (exact) mass is 181 g/mol. The summed E-state index contributed by atoms with van der Waals surface area (Å²) in [7, 11) is 0. The van der Waals surface area contributed by atoms with E-state index in [1.165, 1.54) is 0 Å². The number of nitrogens with one attached hydrogen (secondary N) is 1. The largest absolute Gasteiger partial charge is 0.480 e. The Kier molecular flexibility index (Phi) is 1.65. The van der Waals surface area contributed by atoms with Crippen molar-refractivity contribution in [3.8, 4) is 0 Å². The molecular weight excluding hydrogens is 173 g/mol. The van der Waals surface area contributed by atoms with E-state index in [0.717, 1.165) is 0 Å². The smallest absolute Gasteiger partial charge is 0.324 e. The molecule has 2 N–H and O–H groups in total. The van der Waals surface area contributed by atoms with Crippen molar-refractivity contribution >= 4 is 18.4 Å². The van der Waals surface area contributed by atoms with Crippen molar-refractivity contribution in [1.82, 2.24) is 5.32 Å². The Morgan fingerprint density at radius 1 is 1.55 bits per heavy atom. The second kappa shape index (κ2) is 2.08. The average Bonchev–Trinajstić information content (AvgIpc) is 2.19. The number of carboxylic acids is 1. The normalized spacial score (nSPS) is 45.9. The number of hydrogen-bond acceptors (Lipinski definition) is 2. The number of alkyl halides is 1. The number of rotatable bonds is 1. The zero-order valence-corrected chi connectivity index (χ0v) is 6.58. The van der Waals surface area contributed by atoms with Crippen LogP contribution in [0.15, 0.2) is 0 Å². The molecule has 1 saturated carbocycles. The van der Waals surface area contributed by atoms with E-state index in [4.69, 9.17) is 5.11 Å². The highest BCUT2D eigenvalue weighted by atomic mass is 35.5. The molecule has 0 aromatic carbocycles. The lowest BCUT2D eigenvalue weighted by molar-refractivity contribution is -0.150. The van der Waals surface area contributed by atoms with Crippen molar-refractivity contribution in [2.24, 2.45) is 0 Å². The van der Waals surface area contributed by atoms with Gasteiger partial charge in [0.1, 0.15) is 11.2 Å². The second-order valence-electron chi connectivity index (χ2n) is 3.25. The van der Waals surface area contributed by atoms with Gasteiger partial charge in [0.15, 0.2) is 0 Å². The molecule has 2 saturated heterocycles. The number of hydrogen-bond donors (Lipinski definition) is 2. The standard InChI is InChI=1S/C6H8FNO2.ClH/c7-5-1-6(2-5,4(9)10)8-3-5;/h8H,1-3H2,(H,9,10);1H. The van der Waals surface area contributed by atoms with Gasteiger partial charge < -0.3 is 5.11 Å². The van der Waals surface area contributed by atoms with E-state index in [9.17, 15) is 9.18 Å². The maximum Gasteiger partial charge on any atom is 0.324 e. The fourth-order valence-electron chi connectivity index (χ4n) is 1.83. The quantitative estimate of drug-likeness (QED) is 0.613. The number of aliphatic carboxylic acids is 1. The molecule has 0 unspecified atom stereocenters. The predicted molar refractivity (Wildman–Crippen MR) is 38.7 cm³/mol. The molecule has 2 heterocycles. The lowest BCUT2D eigenvalue weighted by Gasteiger charge is -2.37. The van der Waals surface area contributed by atoms with E-state index in [0.29, 0.717) is 0 Å². The van der Waals surface area contributed by atoms with E-state index in [1.807, 2.05) is 0 Å². The molecule has 3 nitrogen and oxygen atoms in total. The molecule has 1 aliphatic carbocycles. The van der Waals surface area contributed by atoms with Crippen LogP contribution in [0, 0.1) is 0 Å². The Morgan fingerprint density at radius 3 is 2.27 bits per heavy atom. The van der Waals surface area contributed by atoms with Crippen molar-refractivity contribution in [1.29, 1.82) is 0 Å². The van der Waals surface area contributed by atoms with Crippen LogP contribution in [0.3, 0.4) is 0 Å². The highest BCUT2D eigenvalue weighted by Gasteiger charge is 2.66. The number of halogens is 2. The molecular formula is C6H9ClFNO2. The number of carboxylic acid groups (broad SMARTS) is 1. The van der Waals surface area contributed by atoms with Gasteiger partial charge >= 0.3 is 5.97 Å². The summed E-state index contributed by atoms with van der Waals surface area (Å²) in [5.41, 5.74) is -2.12. The molecule has 3 rings (SSSR count). The Labute approximate surface area is 69.4 Å². The first-order chi connectivity index (χ1) is 4.56. The van der Waals surface area contributed by atoms with E-state index < -0.39 is 17.2 Å². The lowest BCUT2D eigenvalue weighted by atomic mass is 9.71. The van der Waals surface area contributed by atoms with Crippen molar-refractivity contribution in [2.75, 3.05) is 6.54 Å². The minimum Gasteiger partial charge on any atom is -0.480 e.